The van der Waals surface area contributed by atoms with Gasteiger partial charge in [0, 0.05) is 5.56 Å². The SMILES string of the molecule is O=c1nc(-c2c(Cl)cccc2Cl)oc(=O)n1-c1ccc(C(F)F)cc1. The predicted octanol–water partition coefficient (Wildman–Crippen LogP) is 4.10. The lowest BCUT2D eigenvalue weighted by Gasteiger charge is -2.07. The Morgan fingerprint density at radius 3 is 2.12 bits per heavy atom. The summed E-state index contributed by atoms with van der Waals surface area (Å²) in [6.45, 7) is 0. The molecule has 5 nitrogen and oxygen atoms in total. The molecule has 0 bridgehead atoms. The molecule has 1 aromatic heterocycles. The number of alkyl halides is 2. The van der Waals surface area contributed by atoms with E-state index in [9.17, 15) is 18.4 Å². The van der Waals surface area contributed by atoms with Gasteiger partial charge in [0.05, 0.1) is 21.3 Å². The van der Waals surface area contributed by atoms with E-state index in [1.165, 1.54) is 24.3 Å². The Morgan fingerprint density at radius 2 is 1.60 bits per heavy atom. The Labute approximate surface area is 149 Å². The van der Waals surface area contributed by atoms with E-state index in [1.54, 1.807) is 6.07 Å². The molecule has 3 aromatic rings. The third-order valence-electron chi connectivity index (χ3n) is 3.33. The van der Waals surface area contributed by atoms with Crippen LogP contribution in [0.1, 0.15) is 12.0 Å². The molecule has 128 valence electrons. The van der Waals surface area contributed by atoms with Crippen LogP contribution in [-0.4, -0.2) is 9.55 Å². The highest BCUT2D eigenvalue weighted by atomic mass is 35.5. The maximum absolute atomic E-state index is 12.6. The minimum atomic E-state index is -2.66. The molecule has 0 aliphatic carbocycles. The van der Waals surface area contributed by atoms with Crippen LogP contribution in [0.2, 0.25) is 10.0 Å². The summed E-state index contributed by atoms with van der Waals surface area (Å²) in [7, 11) is 0. The molecular weight excluding hydrogens is 377 g/mol. The molecule has 0 unspecified atom stereocenters. The first-order chi connectivity index (χ1) is 11.9. The second-order valence-electron chi connectivity index (χ2n) is 4.89. The van der Waals surface area contributed by atoms with Crippen molar-refractivity contribution >= 4 is 23.2 Å². The molecule has 0 amide bonds. The van der Waals surface area contributed by atoms with Gasteiger partial charge in [-0.3, -0.25) is 0 Å². The maximum atomic E-state index is 12.6. The van der Waals surface area contributed by atoms with Crippen LogP contribution in [0.3, 0.4) is 0 Å². The average molecular weight is 385 g/mol. The molecule has 0 aliphatic heterocycles. The van der Waals surface area contributed by atoms with E-state index in [1.807, 2.05) is 0 Å². The van der Waals surface area contributed by atoms with E-state index in [-0.39, 0.29) is 32.8 Å². The molecule has 0 radical (unpaired) electrons. The lowest BCUT2D eigenvalue weighted by molar-refractivity contribution is 0.151. The second kappa shape index (κ2) is 6.78. The van der Waals surface area contributed by atoms with E-state index in [0.29, 0.717) is 4.57 Å². The van der Waals surface area contributed by atoms with Crippen LogP contribution in [0.5, 0.6) is 0 Å². The van der Waals surface area contributed by atoms with Crippen LogP contribution in [0.15, 0.2) is 56.5 Å². The minimum absolute atomic E-state index is 0.0486. The molecule has 0 saturated heterocycles. The zero-order valence-corrected chi connectivity index (χ0v) is 13.8. The third kappa shape index (κ3) is 3.33. The maximum Gasteiger partial charge on any atom is 0.429 e. The Hall–Kier alpha value is -2.51. The summed E-state index contributed by atoms with van der Waals surface area (Å²) in [5, 5.41) is 0.308. The summed E-state index contributed by atoms with van der Waals surface area (Å²) in [4.78, 5) is 28.1. The van der Waals surface area contributed by atoms with Crippen LogP contribution in [-0.2, 0) is 0 Å². The smallest absolute Gasteiger partial charge is 0.390 e. The molecule has 1 heterocycles. The van der Waals surface area contributed by atoms with Gasteiger partial charge in [0.15, 0.2) is 0 Å². The minimum Gasteiger partial charge on any atom is -0.390 e. The van der Waals surface area contributed by atoms with Crippen LogP contribution in [0.4, 0.5) is 8.78 Å². The summed E-state index contributed by atoms with van der Waals surface area (Å²) in [6.07, 6.45) is -2.66. The summed E-state index contributed by atoms with van der Waals surface area (Å²) in [6, 6.07) is 9.18. The van der Waals surface area contributed by atoms with Crippen molar-refractivity contribution in [1.29, 1.82) is 0 Å². The first-order valence-electron chi connectivity index (χ1n) is 6.85. The van der Waals surface area contributed by atoms with E-state index in [4.69, 9.17) is 27.6 Å². The lowest BCUT2D eigenvalue weighted by atomic mass is 10.2. The van der Waals surface area contributed by atoms with Crippen molar-refractivity contribution in [3.05, 3.63) is 79.1 Å². The van der Waals surface area contributed by atoms with Crippen molar-refractivity contribution in [2.24, 2.45) is 0 Å². The van der Waals surface area contributed by atoms with Gasteiger partial charge in [-0.05, 0) is 24.3 Å². The fourth-order valence-electron chi connectivity index (χ4n) is 2.16. The van der Waals surface area contributed by atoms with E-state index in [0.717, 1.165) is 12.1 Å². The number of nitrogens with zero attached hydrogens (tertiary/aromatic N) is 2. The van der Waals surface area contributed by atoms with Gasteiger partial charge in [-0.15, -0.1) is 0 Å². The van der Waals surface area contributed by atoms with Crippen molar-refractivity contribution in [2.45, 2.75) is 6.43 Å². The quantitative estimate of drug-likeness (QED) is 0.681. The monoisotopic (exact) mass is 384 g/mol. The van der Waals surface area contributed by atoms with Crippen LogP contribution < -0.4 is 11.4 Å². The molecule has 3 rings (SSSR count). The fraction of sp³-hybridized carbons (Fsp3) is 0.0625. The lowest BCUT2D eigenvalue weighted by Crippen LogP contribution is -2.33. The van der Waals surface area contributed by atoms with Gasteiger partial charge in [0.25, 0.3) is 6.43 Å². The standard InChI is InChI=1S/C16H8Cl2F2N2O3/c17-10-2-1-3-11(18)12(10)14-21-15(23)22(16(24)25-14)9-6-4-8(5-7-9)13(19)20/h1-7,13H. The fourth-order valence-corrected chi connectivity index (χ4v) is 2.72. The third-order valence-corrected chi connectivity index (χ3v) is 3.96. The van der Waals surface area contributed by atoms with Gasteiger partial charge < -0.3 is 4.42 Å². The first kappa shape index (κ1) is 17.3. The molecule has 0 spiro atoms. The highest BCUT2D eigenvalue weighted by molar-refractivity contribution is 6.38. The highest BCUT2D eigenvalue weighted by Gasteiger charge is 2.17. The zero-order valence-electron chi connectivity index (χ0n) is 12.2. The number of rotatable bonds is 3. The molecule has 0 fully saturated rings. The Balaban J connectivity index is 2.13. The van der Waals surface area contributed by atoms with Gasteiger partial charge in [0.1, 0.15) is 0 Å². The summed E-state index contributed by atoms with van der Waals surface area (Å²) in [5.41, 5.74) is -1.03. The largest absolute Gasteiger partial charge is 0.429 e. The molecule has 0 saturated carbocycles. The van der Waals surface area contributed by atoms with E-state index >= 15 is 0 Å². The number of aromatic nitrogens is 2. The second-order valence-corrected chi connectivity index (χ2v) is 5.71. The van der Waals surface area contributed by atoms with Gasteiger partial charge in [-0.25, -0.2) is 18.4 Å². The van der Waals surface area contributed by atoms with Crippen molar-refractivity contribution < 1.29 is 13.2 Å². The average Bonchev–Trinajstić information content (AvgIpc) is 2.54. The summed E-state index contributed by atoms with van der Waals surface area (Å²) in [5.74, 6) is -1.37. The van der Waals surface area contributed by atoms with E-state index in [2.05, 4.69) is 4.98 Å². The Bertz CT molecular complexity index is 995. The summed E-state index contributed by atoms with van der Waals surface area (Å²) < 4.78 is 30.8. The van der Waals surface area contributed by atoms with Crippen LogP contribution in [0.25, 0.3) is 17.1 Å². The zero-order chi connectivity index (χ0) is 18.1. The Morgan fingerprint density at radius 1 is 1.00 bits per heavy atom. The molecular formula is C16H8Cl2F2N2O3. The molecule has 2 aromatic carbocycles. The highest BCUT2D eigenvalue weighted by Crippen LogP contribution is 2.32. The van der Waals surface area contributed by atoms with E-state index < -0.39 is 17.9 Å². The van der Waals surface area contributed by atoms with Gasteiger partial charge >= 0.3 is 11.4 Å². The molecule has 0 N–H and O–H groups in total. The number of hydrogen-bond donors (Lipinski definition) is 0. The molecule has 0 atom stereocenters. The Kier molecular flexibility index (Phi) is 4.69. The topological polar surface area (TPSA) is 65.1 Å². The van der Waals surface area contributed by atoms with Crippen molar-refractivity contribution in [3.8, 4) is 17.1 Å². The summed E-state index contributed by atoms with van der Waals surface area (Å²) >= 11 is 12.0. The van der Waals surface area contributed by atoms with Gasteiger partial charge in [0.2, 0.25) is 5.89 Å². The van der Waals surface area contributed by atoms with Crippen molar-refractivity contribution in [2.75, 3.05) is 0 Å². The predicted molar refractivity (Wildman–Crippen MR) is 88.8 cm³/mol. The van der Waals surface area contributed by atoms with Crippen molar-refractivity contribution in [1.82, 2.24) is 9.55 Å². The van der Waals surface area contributed by atoms with Crippen LogP contribution >= 0.6 is 23.2 Å². The van der Waals surface area contributed by atoms with Crippen LogP contribution in [0, 0.1) is 0 Å². The van der Waals surface area contributed by atoms with Crippen molar-refractivity contribution in [3.63, 3.8) is 0 Å². The normalized spacial score (nSPS) is 11.1. The molecule has 9 heteroatoms. The van der Waals surface area contributed by atoms with Gasteiger partial charge in [-0.2, -0.15) is 9.55 Å². The molecule has 0 aliphatic rings. The number of hydrogen-bond acceptors (Lipinski definition) is 4. The number of halogens is 4. The molecule has 25 heavy (non-hydrogen) atoms. The first-order valence-corrected chi connectivity index (χ1v) is 7.61. The number of benzene rings is 2. The van der Waals surface area contributed by atoms with Gasteiger partial charge in [-0.1, -0.05) is 41.4 Å².